The van der Waals surface area contributed by atoms with Crippen molar-refractivity contribution in [2.45, 2.75) is 58.3 Å². The monoisotopic (exact) mass is 178 g/mol. The van der Waals surface area contributed by atoms with Gasteiger partial charge in [0.15, 0.2) is 0 Å². The van der Waals surface area contributed by atoms with Gasteiger partial charge in [0.05, 0.1) is 0 Å². The van der Waals surface area contributed by atoms with E-state index in [0.717, 1.165) is 23.2 Å². The lowest BCUT2D eigenvalue weighted by atomic mass is 9.66. The van der Waals surface area contributed by atoms with E-state index < -0.39 is 0 Å². The summed E-state index contributed by atoms with van der Waals surface area (Å²) in [5, 5.41) is 0. The summed E-state index contributed by atoms with van der Waals surface area (Å²) in [5.41, 5.74) is 0.791. The van der Waals surface area contributed by atoms with Crippen molar-refractivity contribution in [3.05, 3.63) is 0 Å². The van der Waals surface area contributed by atoms with Gasteiger partial charge < -0.3 is 0 Å². The van der Waals surface area contributed by atoms with Gasteiger partial charge in [0, 0.05) is 0 Å². The highest BCUT2D eigenvalue weighted by Crippen LogP contribution is 2.61. The molecule has 13 heavy (non-hydrogen) atoms. The van der Waals surface area contributed by atoms with Crippen LogP contribution in [0.15, 0.2) is 0 Å². The number of hydrogen-bond donors (Lipinski definition) is 0. The van der Waals surface area contributed by atoms with Gasteiger partial charge in [-0.3, -0.25) is 0 Å². The lowest BCUT2D eigenvalue weighted by Gasteiger charge is -2.39. The molecule has 2 bridgehead atoms. The van der Waals surface area contributed by atoms with Crippen LogP contribution in [0.3, 0.4) is 0 Å². The fourth-order valence-corrected chi connectivity index (χ4v) is 4.73. The predicted molar refractivity (Wildman–Crippen MR) is 55.5 cm³/mol. The second-order valence-corrected chi connectivity index (χ2v) is 6.07. The van der Waals surface area contributed by atoms with E-state index in [1.165, 1.54) is 12.8 Å². The Hall–Kier alpha value is 0. The summed E-state index contributed by atoms with van der Waals surface area (Å²) in [6.45, 7) is 2.62. The summed E-state index contributed by atoms with van der Waals surface area (Å²) in [7, 11) is 0. The third kappa shape index (κ3) is 1.10. The third-order valence-electron chi connectivity index (χ3n) is 5.49. The van der Waals surface area contributed by atoms with Gasteiger partial charge in [0.2, 0.25) is 0 Å². The highest BCUT2D eigenvalue weighted by Gasteiger charge is 2.51. The number of hydrogen-bond acceptors (Lipinski definition) is 0. The molecule has 0 spiro atoms. The van der Waals surface area contributed by atoms with Gasteiger partial charge in [-0.15, -0.1) is 0 Å². The van der Waals surface area contributed by atoms with Crippen LogP contribution in [0.5, 0.6) is 0 Å². The Morgan fingerprint density at radius 3 is 2.23 bits per heavy atom. The molecule has 0 N–H and O–H groups in total. The summed E-state index contributed by atoms with van der Waals surface area (Å²) in [4.78, 5) is 0. The van der Waals surface area contributed by atoms with E-state index >= 15 is 0 Å². The molecule has 0 heteroatoms. The first-order valence-corrected chi connectivity index (χ1v) is 6.29. The standard InChI is InChI=1S/C13H22/c1-13(11-4-2-3-5-11)9-10-6-7-12(13)8-10/h10-12H,2-9H2,1H3. The van der Waals surface area contributed by atoms with E-state index in [2.05, 4.69) is 6.92 Å². The van der Waals surface area contributed by atoms with Crippen LogP contribution in [-0.2, 0) is 0 Å². The fraction of sp³-hybridized carbons (Fsp3) is 1.00. The Morgan fingerprint density at radius 2 is 1.69 bits per heavy atom. The molecule has 0 aliphatic heterocycles. The summed E-state index contributed by atoms with van der Waals surface area (Å²) < 4.78 is 0. The highest BCUT2D eigenvalue weighted by molar-refractivity contribution is 5.01. The van der Waals surface area contributed by atoms with Crippen molar-refractivity contribution in [3.63, 3.8) is 0 Å². The van der Waals surface area contributed by atoms with E-state index in [1.807, 2.05) is 0 Å². The summed E-state index contributed by atoms with van der Waals surface area (Å²) in [6.07, 6.45) is 12.5. The molecule has 0 radical (unpaired) electrons. The molecule has 0 aromatic heterocycles. The fourth-order valence-electron chi connectivity index (χ4n) is 4.73. The van der Waals surface area contributed by atoms with Crippen LogP contribution >= 0.6 is 0 Å². The molecule has 3 saturated carbocycles. The van der Waals surface area contributed by atoms with Crippen LogP contribution in [-0.4, -0.2) is 0 Å². The second-order valence-electron chi connectivity index (χ2n) is 6.07. The normalized spacial score (nSPS) is 50.5. The zero-order valence-corrected chi connectivity index (χ0v) is 8.89. The van der Waals surface area contributed by atoms with Crippen LogP contribution in [0.25, 0.3) is 0 Å². The van der Waals surface area contributed by atoms with E-state index in [4.69, 9.17) is 0 Å². The molecule has 0 aromatic rings. The molecule has 3 fully saturated rings. The minimum absolute atomic E-state index is 0.791. The maximum absolute atomic E-state index is 2.62. The topological polar surface area (TPSA) is 0 Å². The molecule has 3 unspecified atom stereocenters. The zero-order valence-electron chi connectivity index (χ0n) is 8.89. The Kier molecular flexibility index (Phi) is 1.76. The Balaban J connectivity index is 1.80. The van der Waals surface area contributed by atoms with Crippen molar-refractivity contribution in [2.75, 3.05) is 0 Å². The average molecular weight is 178 g/mol. The van der Waals surface area contributed by atoms with E-state index in [1.54, 1.807) is 38.5 Å². The van der Waals surface area contributed by atoms with Crippen molar-refractivity contribution in [1.29, 1.82) is 0 Å². The van der Waals surface area contributed by atoms with Gasteiger partial charge in [0.1, 0.15) is 0 Å². The van der Waals surface area contributed by atoms with Gasteiger partial charge in [-0.05, 0) is 55.3 Å². The van der Waals surface area contributed by atoms with Crippen LogP contribution in [0.2, 0.25) is 0 Å². The van der Waals surface area contributed by atoms with Crippen molar-refractivity contribution in [2.24, 2.45) is 23.2 Å². The highest BCUT2D eigenvalue weighted by atomic mass is 14.6. The molecule has 0 nitrogen and oxygen atoms in total. The Morgan fingerprint density at radius 1 is 0.923 bits per heavy atom. The van der Waals surface area contributed by atoms with Crippen LogP contribution in [0.4, 0.5) is 0 Å². The summed E-state index contributed by atoms with van der Waals surface area (Å²) >= 11 is 0. The van der Waals surface area contributed by atoms with Gasteiger partial charge in [-0.2, -0.15) is 0 Å². The SMILES string of the molecule is CC1(C2CCCC2)CC2CCC1C2. The van der Waals surface area contributed by atoms with Gasteiger partial charge in [0.25, 0.3) is 0 Å². The minimum atomic E-state index is 0.791. The molecule has 3 rings (SSSR count). The molecular weight excluding hydrogens is 156 g/mol. The third-order valence-corrected chi connectivity index (χ3v) is 5.49. The first kappa shape index (κ1) is 8.32. The van der Waals surface area contributed by atoms with Crippen molar-refractivity contribution in [3.8, 4) is 0 Å². The van der Waals surface area contributed by atoms with Gasteiger partial charge in [-0.25, -0.2) is 0 Å². The largest absolute Gasteiger partial charge is 0.0591 e. The molecule has 74 valence electrons. The maximum atomic E-state index is 2.62. The molecule has 0 heterocycles. The quantitative estimate of drug-likeness (QED) is 0.569. The lowest BCUT2D eigenvalue weighted by Crippen LogP contribution is -2.31. The Labute approximate surface area is 82.1 Å². The van der Waals surface area contributed by atoms with Crippen molar-refractivity contribution in [1.82, 2.24) is 0 Å². The molecule has 0 saturated heterocycles. The molecule has 3 aliphatic carbocycles. The second kappa shape index (κ2) is 2.74. The summed E-state index contributed by atoms with van der Waals surface area (Å²) in [6, 6.07) is 0. The molecule has 3 atom stereocenters. The van der Waals surface area contributed by atoms with Crippen molar-refractivity contribution >= 4 is 0 Å². The average Bonchev–Trinajstić information content (AvgIpc) is 2.79. The smallest absolute Gasteiger partial charge is 0.0266 e. The molecule has 0 amide bonds. The number of fused-ring (bicyclic) bond motifs is 2. The first-order valence-electron chi connectivity index (χ1n) is 6.29. The van der Waals surface area contributed by atoms with E-state index in [-0.39, 0.29) is 0 Å². The minimum Gasteiger partial charge on any atom is -0.0591 e. The van der Waals surface area contributed by atoms with Crippen LogP contribution in [0.1, 0.15) is 58.3 Å². The number of rotatable bonds is 1. The maximum Gasteiger partial charge on any atom is -0.0266 e. The summed E-state index contributed by atoms with van der Waals surface area (Å²) in [5.74, 6) is 3.37. The zero-order chi connectivity index (χ0) is 8.89. The van der Waals surface area contributed by atoms with Crippen molar-refractivity contribution < 1.29 is 0 Å². The van der Waals surface area contributed by atoms with E-state index in [0.29, 0.717) is 0 Å². The lowest BCUT2D eigenvalue weighted by molar-refractivity contribution is 0.1000. The predicted octanol–water partition coefficient (Wildman–Crippen LogP) is 4.00. The Bertz CT molecular complexity index is 202. The first-order chi connectivity index (χ1) is 6.29. The van der Waals surface area contributed by atoms with Crippen LogP contribution in [0, 0.1) is 23.2 Å². The molecular formula is C13H22. The van der Waals surface area contributed by atoms with Crippen LogP contribution < -0.4 is 0 Å². The molecule has 0 aromatic carbocycles. The molecule has 3 aliphatic rings. The van der Waals surface area contributed by atoms with Gasteiger partial charge in [-0.1, -0.05) is 26.2 Å². The van der Waals surface area contributed by atoms with Gasteiger partial charge >= 0.3 is 0 Å². The van der Waals surface area contributed by atoms with E-state index in [9.17, 15) is 0 Å².